The maximum atomic E-state index is 4.09. The van der Waals surface area contributed by atoms with Crippen molar-refractivity contribution in [3.05, 3.63) is 12.2 Å². The molecule has 1 fully saturated rings. The Morgan fingerprint density at radius 1 is 1.20 bits per heavy atom. The van der Waals surface area contributed by atoms with Gasteiger partial charge in [-0.25, -0.2) is 0 Å². The maximum absolute atomic E-state index is 4.09. The normalized spacial score (nSPS) is 26.9. The van der Waals surface area contributed by atoms with Gasteiger partial charge in [-0.3, -0.25) is 0 Å². The molecule has 0 spiro atoms. The van der Waals surface area contributed by atoms with Crippen molar-refractivity contribution in [2.45, 2.75) is 65.7 Å². The largest absolute Gasteiger partial charge is 0.0999 e. The van der Waals surface area contributed by atoms with E-state index in [9.17, 15) is 0 Å². The molecule has 0 radical (unpaired) electrons. The van der Waals surface area contributed by atoms with Gasteiger partial charge in [0, 0.05) is 0 Å². The van der Waals surface area contributed by atoms with E-state index in [0.717, 1.165) is 17.8 Å². The van der Waals surface area contributed by atoms with E-state index < -0.39 is 0 Å². The first kappa shape index (κ1) is 12.8. The Bertz CT molecular complexity index is 182. The van der Waals surface area contributed by atoms with E-state index in [0.29, 0.717) is 0 Å². The van der Waals surface area contributed by atoms with Gasteiger partial charge in [-0.15, -0.1) is 0 Å². The van der Waals surface area contributed by atoms with Crippen LogP contribution in [0.3, 0.4) is 0 Å². The molecule has 1 aliphatic rings. The van der Waals surface area contributed by atoms with Crippen molar-refractivity contribution < 1.29 is 0 Å². The van der Waals surface area contributed by atoms with Crippen LogP contribution in [0, 0.1) is 17.8 Å². The molecule has 1 saturated carbocycles. The second kappa shape index (κ2) is 6.35. The molecule has 0 N–H and O–H groups in total. The summed E-state index contributed by atoms with van der Waals surface area (Å²) in [5.41, 5.74) is 1.41. The second-order valence-electron chi connectivity index (χ2n) is 5.89. The van der Waals surface area contributed by atoms with Crippen LogP contribution in [0.5, 0.6) is 0 Å². The molecule has 0 nitrogen and oxygen atoms in total. The molecule has 0 aliphatic heterocycles. The Balaban J connectivity index is 2.12. The summed E-state index contributed by atoms with van der Waals surface area (Å²) >= 11 is 0. The molecule has 0 aromatic carbocycles. The smallest absolute Gasteiger partial charge is 0.0208 e. The summed E-state index contributed by atoms with van der Waals surface area (Å²) in [4.78, 5) is 0. The van der Waals surface area contributed by atoms with Crippen molar-refractivity contribution in [1.29, 1.82) is 0 Å². The lowest BCUT2D eigenvalue weighted by molar-refractivity contribution is 0.278. The number of rotatable bonds is 5. The summed E-state index contributed by atoms with van der Waals surface area (Å²) in [6.07, 6.45) is 10.1. The summed E-state index contributed by atoms with van der Waals surface area (Å²) in [6.45, 7) is 11.0. The van der Waals surface area contributed by atoms with Gasteiger partial charge >= 0.3 is 0 Å². The molecule has 88 valence electrons. The lowest BCUT2D eigenvalue weighted by Gasteiger charge is -2.28. The average Bonchev–Trinajstić information content (AvgIpc) is 2.18. The first-order valence-electron chi connectivity index (χ1n) is 6.75. The van der Waals surface area contributed by atoms with Crippen LogP contribution in [0.4, 0.5) is 0 Å². The van der Waals surface area contributed by atoms with Crippen molar-refractivity contribution in [3.63, 3.8) is 0 Å². The Morgan fingerprint density at radius 3 is 2.27 bits per heavy atom. The standard InChI is InChI=1S/C15H28/c1-12(2)6-5-7-14-8-10-15(11-9-14)13(3)4/h12,14-15H,3,5-11H2,1-2,4H3. The number of hydrogen-bond donors (Lipinski definition) is 0. The van der Waals surface area contributed by atoms with Crippen LogP contribution in [0.1, 0.15) is 65.7 Å². The van der Waals surface area contributed by atoms with E-state index >= 15 is 0 Å². The molecular formula is C15H28. The molecule has 1 aliphatic carbocycles. The van der Waals surface area contributed by atoms with Gasteiger partial charge in [0.2, 0.25) is 0 Å². The van der Waals surface area contributed by atoms with Crippen molar-refractivity contribution in [2.24, 2.45) is 17.8 Å². The van der Waals surface area contributed by atoms with Crippen LogP contribution in [-0.2, 0) is 0 Å². The summed E-state index contributed by atoms with van der Waals surface area (Å²) in [5.74, 6) is 2.75. The van der Waals surface area contributed by atoms with Gasteiger partial charge in [0.1, 0.15) is 0 Å². The first-order chi connectivity index (χ1) is 7.09. The minimum atomic E-state index is 0.839. The zero-order valence-electron chi connectivity index (χ0n) is 10.9. The fourth-order valence-electron chi connectivity index (χ4n) is 2.76. The van der Waals surface area contributed by atoms with Gasteiger partial charge in [0.25, 0.3) is 0 Å². The van der Waals surface area contributed by atoms with Gasteiger partial charge in [-0.2, -0.15) is 0 Å². The molecule has 15 heavy (non-hydrogen) atoms. The van der Waals surface area contributed by atoms with E-state index in [1.54, 1.807) is 0 Å². The van der Waals surface area contributed by atoms with Gasteiger partial charge in [0.05, 0.1) is 0 Å². The summed E-state index contributed by atoms with van der Waals surface area (Å²) in [5, 5.41) is 0. The van der Waals surface area contributed by atoms with Gasteiger partial charge in [0.15, 0.2) is 0 Å². The lowest BCUT2D eigenvalue weighted by atomic mass is 9.77. The lowest BCUT2D eigenvalue weighted by Crippen LogP contribution is -2.15. The van der Waals surface area contributed by atoms with E-state index in [1.165, 1.54) is 50.5 Å². The Kier molecular flexibility index (Phi) is 5.42. The van der Waals surface area contributed by atoms with Crippen LogP contribution in [0.25, 0.3) is 0 Å². The minimum Gasteiger partial charge on any atom is -0.0999 e. The second-order valence-corrected chi connectivity index (χ2v) is 5.89. The highest BCUT2D eigenvalue weighted by Crippen LogP contribution is 2.34. The zero-order chi connectivity index (χ0) is 11.3. The van der Waals surface area contributed by atoms with Crippen LogP contribution >= 0.6 is 0 Å². The van der Waals surface area contributed by atoms with E-state index in [1.807, 2.05) is 0 Å². The monoisotopic (exact) mass is 208 g/mol. The Labute approximate surface area is 96.2 Å². The molecule has 0 unspecified atom stereocenters. The third kappa shape index (κ3) is 4.86. The first-order valence-corrected chi connectivity index (χ1v) is 6.75. The molecule has 0 aromatic rings. The topological polar surface area (TPSA) is 0 Å². The van der Waals surface area contributed by atoms with E-state index in [2.05, 4.69) is 27.4 Å². The molecule has 0 atom stereocenters. The third-order valence-electron chi connectivity index (χ3n) is 3.94. The molecular weight excluding hydrogens is 180 g/mol. The highest BCUT2D eigenvalue weighted by Gasteiger charge is 2.20. The summed E-state index contributed by atoms with van der Waals surface area (Å²) in [6, 6.07) is 0. The third-order valence-corrected chi connectivity index (χ3v) is 3.94. The van der Waals surface area contributed by atoms with Crippen molar-refractivity contribution in [3.8, 4) is 0 Å². The summed E-state index contributed by atoms with van der Waals surface area (Å²) < 4.78 is 0. The van der Waals surface area contributed by atoms with Crippen LogP contribution in [0.2, 0.25) is 0 Å². The Hall–Kier alpha value is -0.260. The molecule has 0 heteroatoms. The van der Waals surface area contributed by atoms with Crippen molar-refractivity contribution in [2.75, 3.05) is 0 Å². The number of allylic oxidation sites excluding steroid dienone is 1. The fraction of sp³-hybridized carbons (Fsp3) is 0.867. The van der Waals surface area contributed by atoms with Gasteiger partial charge < -0.3 is 0 Å². The SMILES string of the molecule is C=C(C)C1CCC(CCCC(C)C)CC1. The van der Waals surface area contributed by atoms with Crippen molar-refractivity contribution >= 4 is 0 Å². The predicted octanol–water partition coefficient (Wildman–Crippen LogP) is 5.20. The fourth-order valence-corrected chi connectivity index (χ4v) is 2.76. The molecule has 0 aromatic heterocycles. The van der Waals surface area contributed by atoms with Gasteiger partial charge in [-0.05, 0) is 50.4 Å². The molecule has 1 rings (SSSR count). The minimum absolute atomic E-state index is 0.839. The highest BCUT2D eigenvalue weighted by atomic mass is 14.3. The summed E-state index contributed by atoms with van der Waals surface area (Å²) in [7, 11) is 0. The van der Waals surface area contributed by atoms with Crippen molar-refractivity contribution in [1.82, 2.24) is 0 Å². The van der Waals surface area contributed by atoms with E-state index in [4.69, 9.17) is 0 Å². The quantitative estimate of drug-likeness (QED) is 0.545. The highest BCUT2D eigenvalue weighted by molar-refractivity contribution is 4.97. The molecule has 0 amide bonds. The number of hydrogen-bond acceptors (Lipinski definition) is 0. The molecule has 0 heterocycles. The van der Waals surface area contributed by atoms with Crippen LogP contribution in [-0.4, -0.2) is 0 Å². The molecule has 0 bridgehead atoms. The van der Waals surface area contributed by atoms with E-state index in [-0.39, 0.29) is 0 Å². The predicted molar refractivity (Wildman–Crippen MR) is 69.0 cm³/mol. The molecule has 0 saturated heterocycles. The maximum Gasteiger partial charge on any atom is -0.0208 e. The Morgan fingerprint density at radius 2 is 1.80 bits per heavy atom. The zero-order valence-corrected chi connectivity index (χ0v) is 10.9. The average molecular weight is 208 g/mol. The van der Waals surface area contributed by atoms with Crippen LogP contribution < -0.4 is 0 Å². The van der Waals surface area contributed by atoms with Gasteiger partial charge in [-0.1, -0.05) is 45.3 Å². The van der Waals surface area contributed by atoms with Crippen LogP contribution in [0.15, 0.2) is 12.2 Å².